The first-order chi connectivity index (χ1) is 13.1. The number of fused-ring (bicyclic) bond motifs is 1. The lowest BCUT2D eigenvalue weighted by Gasteiger charge is -2.28. The topological polar surface area (TPSA) is 41.7 Å². The maximum Gasteiger partial charge on any atom is 0.169 e. The number of piperidine rings is 1. The summed E-state index contributed by atoms with van der Waals surface area (Å²) >= 11 is 0. The highest BCUT2D eigenvalue weighted by Crippen LogP contribution is 2.30. The van der Waals surface area contributed by atoms with E-state index in [4.69, 9.17) is 9.26 Å². The Morgan fingerprint density at radius 3 is 2.67 bits per heavy atom. The van der Waals surface area contributed by atoms with E-state index >= 15 is 0 Å². The molecule has 4 rings (SSSR count). The number of aryl methyl sites for hydroxylation is 1. The molecule has 2 aliphatic carbocycles. The van der Waals surface area contributed by atoms with Gasteiger partial charge >= 0.3 is 0 Å². The summed E-state index contributed by atoms with van der Waals surface area (Å²) in [6, 6.07) is 0. The van der Waals surface area contributed by atoms with Gasteiger partial charge < -0.3 is 19.1 Å². The monoisotopic (exact) mass is 373 g/mol. The minimum absolute atomic E-state index is 0.148. The molecule has 0 aromatic carbocycles. The lowest BCUT2D eigenvalue weighted by Crippen LogP contribution is -2.39. The molecule has 1 saturated heterocycles. The molecule has 2 heterocycles. The Morgan fingerprint density at radius 2 is 1.96 bits per heavy atom. The van der Waals surface area contributed by atoms with Gasteiger partial charge in [0.1, 0.15) is 0 Å². The van der Waals surface area contributed by atoms with E-state index in [1.165, 1.54) is 56.0 Å². The van der Waals surface area contributed by atoms with Crippen LogP contribution in [0.3, 0.4) is 0 Å². The van der Waals surface area contributed by atoms with Crippen molar-refractivity contribution < 1.29 is 9.26 Å². The summed E-state index contributed by atoms with van der Waals surface area (Å²) in [6.45, 7) is 4.23. The molecule has 0 bridgehead atoms. The molecule has 27 heavy (non-hydrogen) atoms. The fourth-order valence-corrected chi connectivity index (χ4v) is 4.38. The molecule has 3 aliphatic rings. The van der Waals surface area contributed by atoms with Crippen molar-refractivity contribution in [3.8, 4) is 0 Å². The highest BCUT2D eigenvalue weighted by atomic mass is 16.5. The van der Waals surface area contributed by atoms with Gasteiger partial charge in [-0.25, -0.2) is 0 Å². The van der Waals surface area contributed by atoms with Gasteiger partial charge in [-0.1, -0.05) is 11.2 Å². The van der Waals surface area contributed by atoms with E-state index in [9.17, 15) is 0 Å². The Labute approximate surface area is 163 Å². The third kappa shape index (κ3) is 4.82. The van der Waals surface area contributed by atoms with E-state index in [1.807, 2.05) is 0 Å². The van der Waals surface area contributed by atoms with Crippen molar-refractivity contribution in [2.45, 2.75) is 51.0 Å². The first-order valence-electron chi connectivity index (χ1n) is 10.7. The predicted molar refractivity (Wildman–Crippen MR) is 108 cm³/mol. The zero-order valence-electron chi connectivity index (χ0n) is 17.2. The lowest BCUT2D eigenvalue weighted by molar-refractivity contribution is 0.0815. The highest BCUT2D eigenvalue weighted by molar-refractivity contribution is 5.55. The lowest BCUT2D eigenvalue weighted by atomic mass is 9.91. The minimum atomic E-state index is 0.148. The molecule has 150 valence electrons. The van der Waals surface area contributed by atoms with Gasteiger partial charge in [-0.15, -0.1) is 0 Å². The summed E-state index contributed by atoms with van der Waals surface area (Å²) in [4.78, 5) is 4.64. The molecule has 2 fully saturated rings. The van der Waals surface area contributed by atoms with E-state index in [0.717, 1.165) is 48.9 Å². The summed E-state index contributed by atoms with van der Waals surface area (Å²) < 4.78 is 12.1. The van der Waals surface area contributed by atoms with Crippen molar-refractivity contribution in [1.29, 1.82) is 0 Å². The van der Waals surface area contributed by atoms with Crippen molar-refractivity contribution in [3.05, 3.63) is 16.3 Å². The first kappa shape index (κ1) is 19.2. The average molecular weight is 374 g/mol. The van der Waals surface area contributed by atoms with Crippen LogP contribution in [0.25, 0.3) is 11.6 Å². The van der Waals surface area contributed by atoms with Crippen molar-refractivity contribution in [3.63, 3.8) is 0 Å². The third-order valence-electron chi connectivity index (χ3n) is 6.36. The van der Waals surface area contributed by atoms with Crippen LogP contribution in [0.4, 0.5) is 0 Å². The van der Waals surface area contributed by atoms with Crippen molar-refractivity contribution >= 4 is 11.6 Å². The molecule has 1 aliphatic heterocycles. The van der Waals surface area contributed by atoms with Crippen LogP contribution in [-0.2, 0) is 11.2 Å². The number of nitrogens with zero attached hydrogens (tertiary/aromatic N) is 3. The van der Waals surface area contributed by atoms with Crippen LogP contribution >= 0.6 is 0 Å². The molecule has 0 N–H and O–H groups in total. The Bertz CT molecular complexity index is 742. The SMILES string of the molecule is CN(C)CC1=c2onc(CCC3CCN(C)CC3)c2=CCC1OCC1CC1. The summed E-state index contributed by atoms with van der Waals surface area (Å²) in [5.74, 6) is 1.61. The second-order valence-corrected chi connectivity index (χ2v) is 9.13. The number of hydrogen-bond donors (Lipinski definition) is 0. The van der Waals surface area contributed by atoms with Crippen molar-refractivity contribution in [2.24, 2.45) is 11.8 Å². The molecule has 5 heteroatoms. The smallest absolute Gasteiger partial charge is 0.169 e. The van der Waals surface area contributed by atoms with Gasteiger partial charge in [0.15, 0.2) is 5.42 Å². The van der Waals surface area contributed by atoms with Gasteiger partial charge in [0.05, 0.1) is 18.4 Å². The van der Waals surface area contributed by atoms with Crippen molar-refractivity contribution in [1.82, 2.24) is 15.0 Å². The summed E-state index contributed by atoms with van der Waals surface area (Å²) in [6.07, 6.45) is 11.0. The Kier molecular flexibility index (Phi) is 6.00. The van der Waals surface area contributed by atoms with Crippen LogP contribution in [0.5, 0.6) is 0 Å². The van der Waals surface area contributed by atoms with Crippen LogP contribution in [0.1, 0.15) is 44.2 Å². The van der Waals surface area contributed by atoms with Crippen LogP contribution in [0.2, 0.25) is 0 Å². The van der Waals surface area contributed by atoms with Gasteiger partial charge in [0.2, 0.25) is 0 Å². The Hall–Kier alpha value is -1.17. The van der Waals surface area contributed by atoms with E-state index in [1.54, 1.807) is 0 Å². The zero-order valence-corrected chi connectivity index (χ0v) is 17.2. The van der Waals surface area contributed by atoms with Gasteiger partial charge in [0, 0.05) is 17.3 Å². The molecular formula is C22H35N3O2. The first-order valence-corrected chi connectivity index (χ1v) is 10.7. The predicted octanol–water partition coefficient (Wildman–Crippen LogP) is 1.64. The molecule has 0 radical (unpaired) electrons. The molecule has 1 unspecified atom stereocenters. The van der Waals surface area contributed by atoms with Crippen LogP contribution < -0.4 is 10.6 Å². The maximum absolute atomic E-state index is 6.26. The van der Waals surface area contributed by atoms with Crippen LogP contribution in [0.15, 0.2) is 4.52 Å². The largest absolute Gasteiger partial charge is 0.373 e. The Morgan fingerprint density at radius 1 is 1.19 bits per heavy atom. The normalized spacial score (nSPS) is 24.3. The van der Waals surface area contributed by atoms with Crippen LogP contribution in [0, 0.1) is 11.8 Å². The standard InChI is InChI=1S/C22H35N3O2/c1-24(2)14-19-21(26-15-17-4-5-17)9-7-18-20(23-27-22(18)19)8-6-16-10-12-25(3)13-11-16/h7,16-17,21H,4-6,8-15H2,1-3H3. The van der Waals surface area contributed by atoms with Gasteiger partial charge in [-0.05, 0) is 91.0 Å². The number of ether oxygens (including phenoxy) is 1. The number of rotatable bonds is 8. The van der Waals surface area contributed by atoms with E-state index in [-0.39, 0.29) is 6.10 Å². The van der Waals surface area contributed by atoms with Gasteiger partial charge in [0.25, 0.3) is 0 Å². The summed E-state index contributed by atoms with van der Waals surface area (Å²) in [5.41, 5.74) is 3.41. The third-order valence-corrected chi connectivity index (χ3v) is 6.36. The van der Waals surface area contributed by atoms with E-state index in [0.29, 0.717) is 0 Å². The molecule has 0 spiro atoms. The molecule has 5 nitrogen and oxygen atoms in total. The molecule has 1 aromatic rings. The fourth-order valence-electron chi connectivity index (χ4n) is 4.38. The maximum atomic E-state index is 6.26. The number of hydrogen-bond acceptors (Lipinski definition) is 5. The van der Waals surface area contributed by atoms with E-state index < -0.39 is 0 Å². The molecule has 1 saturated carbocycles. The second kappa shape index (κ2) is 8.46. The summed E-state index contributed by atoms with van der Waals surface area (Å²) in [7, 11) is 6.45. The van der Waals surface area contributed by atoms with E-state index in [2.05, 4.69) is 42.2 Å². The zero-order chi connectivity index (χ0) is 18.8. The van der Waals surface area contributed by atoms with Crippen molar-refractivity contribution in [2.75, 3.05) is 47.4 Å². The summed E-state index contributed by atoms with van der Waals surface area (Å²) in [5, 5.41) is 5.73. The molecule has 1 aromatic heterocycles. The average Bonchev–Trinajstić information content (AvgIpc) is 3.39. The van der Waals surface area contributed by atoms with Gasteiger partial charge in [-0.2, -0.15) is 0 Å². The number of likely N-dealkylation sites (tertiary alicyclic amines) is 1. The van der Waals surface area contributed by atoms with Gasteiger partial charge in [-0.3, -0.25) is 0 Å². The Balaban J connectivity index is 1.48. The molecule has 1 atom stereocenters. The minimum Gasteiger partial charge on any atom is -0.373 e. The molecular weight excluding hydrogens is 338 g/mol. The highest BCUT2D eigenvalue weighted by Gasteiger charge is 2.27. The van der Waals surface area contributed by atoms with Crippen LogP contribution in [-0.4, -0.2) is 68.4 Å². The number of aromatic nitrogens is 1. The molecule has 0 amide bonds. The quantitative estimate of drug-likeness (QED) is 0.693. The second-order valence-electron chi connectivity index (χ2n) is 9.13. The fraction of sp³-hybridized carbons (Fsp3) is 0.773.